The van der Waals surface area contributed by atoms with E-state index in [2.05, 4.69) is 34.1 Å². The van der Waals surface area contributed by atoms with Crippen LogP contribution in [0.25, 0.3) is 0 Å². The van der Waals surface area contributed by atoms with Crippen LogP contribution in [0.4, 0.5) is 5.82 Å². The lowest BCUT2D eigenvalue weighted by Gasteiger charge is -2.32. The third-order valence-electron chi connectivity index (χ3n) is 5.39. The molecule has 1 aliphatic heterocycles. The van der Waals surface area contributed by atoms with Gasteiger partial charge in [-0.2, -0.15) is 0 Å². The van der Waals surface area contributed by atoms with Crippen LogP contribution in [-0.4, -0.2) is 42.6 Å². The molecule has 0 bridgehead atoms. The molecule has 162 valence electrons. The van der Waals surface area contributed by atoms with E-state index in [1.807, 2.05) is 17.8 Å². The van der Waals surface area contributed by atoms with E-state index in [0.29, 0.717) is 17.6 Å². The van der Waals surface area contributed by atoms with Crippen LogP contribution in [0.15, 0.2) is 81.6 Å². The predicted octanol–water partition coefficient (Wildman–Crippen LogP) is 3.46. The summed E-state index contributed by atoms with van der Waals surface area (Å²) in [5.74, 6) is 0.485. The highest BCUT2D eigenvalue weighted by atomic mass is 32.2. The second-order valence-corrected chi connectivity index (χ2v) is 11.1. The highest BCUT2D eigenvalue weighted by molar-refractivity contribution is 8.00. The zero-order valence-corrected chi connectivity index (χ0v) is 19.0. The van der Waals surface area contributed by atoms with Gasteiger partial charge in [0.05, 0.1) is 11.4 Å². The Labute approximate surface area is 186 Å². The fourth-order valence-electron chi connectivity index (χ4n) is 3.69. The van der Waals surface area contributed by atoms with Crippen LogP contribution in [-0.2, 0) is 16.4 Å². The molecule has 3 aromatic rings. The number of hydrogen-bond donors (Lipinski definition) is 0. The van der Waals surface area contributed by atoms with Gasteiger partial charge in [-0.3, -0.25) is 4.79 Å². The van der Waals surface area contributed by atoms with Gasteiger partial charge in [0, 0.05) is 41.9 Å². The second kappa shape index (κ2) is 9.28. The first-order valence-corrected chi connectivity index (χ1v) is 13.0. The Morgan fingerprint density at radius 2 is 1.71 bits per heavy atom. The topological polar surface area (TPSA) is 72.3 Å². The standard InChI is InChI=1S/C23H25N3O3S2/c1-31(28,29)21-9-7-18(8-10-21)17-26-16-13-24-22(23(26)27)25-14-11-20(12-15-25)30-19-5-3-2-4-6-19/h2-10,13,16,20H,11-12,14-15,17H2,1H3. The zero-order chi connectivity index (χ0) is 21.8. The van der Waals surface area contributed by atoms with Crippen LogP contribution < -0.4 is 10.5 Å². The van der Waals surface area contributed by atoms with E-state index in [1.54, 1.807) is 41.2 Å². The SMILES string of the molecule is CS(=O)(=O)c1ccc(Cn2ccnc(N3CCC(Sc4ccccc4)CC3)c2=O)cc1. The van der Waals surface area contributed by atoms with Crippen molar-refractivity contribution in [2.24, 2.45) is 0 Å². The summed E-state index contributed by atoms with van der Waals surface area (Å²) in [7, 11) is -3.23. The summed E-state index contributed by atoms with van der Waals surface area (Å²) in [6.07, 6.45) is 6.52. The molecular weight excluding hydrogens is 430 g/mol. The van der Waals surface area contributed by atoms with E-state index in [4.69, 9.17) is 0 Å². The van der Waals surface area contributed by atoms with Gasteiger partial charge in [0.25, 0.3) is 5.56 Å². The summed E-state index contributed by atoms with van der Waals surface area (Å²) >= 11 is 1.90. The summed E-state index contributed by atoms with van der Waals surface area (Å²) in [5.41, 5.74) is 0.744. The van der Waals surface area contributed by atoms with Crippen molar-refractivity contribution >= 4 is 27.4 Å². The Morgan fingerprint density at radius 3 is 2.35 bits per heavy atom. The molecule has 1 aromatic heterocycles. The number of thioether (sulfide) groups is 1. The van der Waals surface area contributed by atoms with Gasteiger partial charge in [-0.05, 0) is 42.7 Å². The van der Waals surface area contributed by atoms with E-state index in [1.165, 1.54) is 11.2 Å². The lowest BCUT2D eigenvalue weighted by molar-refractivity contribution is 0.579. The maximum absolute atomic E-state index is 13.0. The number of sulfone groups is 1. The molecule has 0 amide bonds. The molecule has 1 fully saturated rings. The van der Waals surface area contributed by atoms with Crippen LogP contribution in [0.1, 0.15) is 18.4 Å². The maximum atomic E-state index is 13.0. The van der Waals surface area contributed by atoms with Gasteiger partial charge in [0.1, 0.15) is 0 Å². The van der Waals surface area contributed by atoms with Crippen molar-refractivity contribution in [2.45, 2.75) is 34.4 Å². The smallest absolute Gasteiger partial charge is 0.293 e. The summed E-state index contributed by atoms with van der Waals surface area (Å²) < 4.78 is 24.9. The molecule has 0 aliphatic carbocycles. The highest BCUT2D eigenvalue weighted by Gasteiger charge is 2.23. The van der Waals surface area contributed by atoms with Gasteiger partial charge >= 0.3 is 0 Å². The average Bonchev–Trinajstić information content (AvgIpc) is 2.76. The summed E-state index contributed by atoms with van der Waals surface area (Å²) in [4.78, 5) is 21.0. The monoisotopic (exact) mass is 455 g/mol. The van der Waals surface area contributed by atoms with Crippen molar-refractivity contribution in [2.75, 3.05) is 24.2 Å². The molecule has 0 spiro atoms. The number of benzene rings is 2. The van der Waals surface area contributed by atoms with E-state index in [9.17, 15) is 13.2 Å². The van der Waals surface area contributed by atoms with Crippen LogP contribution in [0.5, 0.6) is 0 Å². The van der Waals surface area contributed by atoms with Crippen molar-refractivity contribution in [3.8, 4) is 0 Å². The minimum atomic E-state index is -3.23. The van der Waals surface area contributed by atoms with Crippen molar-refractivity contribution < 1.29 is 8.42 Å². The molecule has 0 atom stereocenters. The van der Waals surface area contributed by atoms with Crippen LogP contribution in [0.3, 0.4) is 0 Å². The average molecular weight is 456 g/mol. The van der Waals surface area contributed by atoms with E-state index in [0.717, 1.165) is 31.5 Å². The molecule has 0 saturated carbocycles. The second-order valence-electron chi connectivity index (χ2n) is 7.72. The Morgan fingerprint density at radius 1 is 1.03 bits per heavy atom. The molecule has 0 radical (unpaired) electrons. The van der Waals surface area contributed by atoms with Crippen molar-refractivity contribution in [1.29, 1.82) is 0 Å². The molecule has 4 rings (SSSR count). The Balaban J connectivity index is 1.43. The summed E-state index contributed by atoms with van der Waals surface area (Å²) in [5, 5.41) is 0.540. The molecule has 0 unspecified atom stereocenters. The lowest BCUT2D eigenvalue weighted by Crippen LogP contribution is -2.40. The first-order valence-electron chi connectivity index (χ1n) is 10.2. The fraction of sp³-hybridized carbons (Fsp3) is 0.304. The van der Waals surface area contributed by atoms with Crippen molar-refractivity contribution in [3.05, 3.63) is 82.9 Å². The molecular formula is C23H25N3O3S2. The van der Waals surface area contributed by atoms with Crippen molar-refractivity contribution in [1.82, 2.24) is 9.55 Å². The summed E-state index contributed by atoms with van der Waals surface area (Å²) in [6.45, 7) is 1.98. The molecule has 2 heterocycles. The fourth-order valence-corrected chi connectivity index (χ4v) is 5.47. The van der Waals surface area contributed by atoms with Gasteiger partial charge in [-0.15, -0.1) is 11.8 Å². The Bertz CT molecular complexity index is 1180. The lowest BCUT2D eigenvalue weighted by atomic mass is 10.1. The minimum Gasteiger partial charge on any atom is -0.352 e. The third kappa shape index (κ3) is 5.37. The molecule has 2 aromatic carbocycles. The van der Waals surface area contributed by atoms with Gasteiger partial charge in [-0.25, -0.2) is 13.4 Å². The molecule has 0 N–H and O–H groups in total. The third-order valence-corrected chi connectivity index (χ3v) is 7.87. The minimum absolute atomic E-state index is 0.121. The molecule has 8 heteroatoms. The van der Waals surface area contributed by atoms with E-state index >= 15 is 0 Å². The van der Waals surface area contributed by atoms with E-state index in [-0.39, 0.29) is 10.5 Å². The van der Waals surface area contributed by atoms with Crippen LogP contribution in [0, 0.1) is 0 Å². The number of aromatic nitrogens is 2. The number of nitrogens with zero attached hydrogens (tertiary/aromatic N) is 3. The number of anilines is 1. The summed E-state index contributed by atoms with van der Waals surface area (Å²) in [6, 6.07) is 17.1. The predicted molar refractivity (Wildman–Crippen MR) is 125 cm³/mol. The molecule has 1 saturated heterocycles. The van der Waals surface area contributed by atoms with Gasteiger partial charge < -0.3 is 9.47 Å². The number of piperidine rings is 1. The number of rotatable bonds is 6. The first kappa shape index (κ1) is 21.6. The zero-order valence-electron chi connectivity index (χ0n) is 17.3. The highest BCUT2D eigenvalue weighted by Crippen LogP contribution is 2.30. The Kier molecular flexibility index (Phi) is 6.48. The normalized spacial score (nSPS) is 15.2. The Hall–Kier alpha value is -2.58. The van der Waals surface area contributed by atoms with Gasteiger partial charge in [0.2, 0.25) is 0 Å². The quantitative estimate of drug-likeness (QED) is 0.567. The first-order chi connectivity index (χ1) is 14.9. The maximum Gasteiger partial charge on any atom is 0.293 e. The van der Waals surface area contributed by atoms with Crippen LogP contribution in [0.2, 0.25) is 0 Å². The largest absolute Gasteiger partial charge is 0.352 e. The van der Waals surface area contributed by atoms with Crippen molar-refractivity contribution in [3.63, 3.8) is 0 Å². The molecule has 6 nitrogen and oxygen atoms in total. The number of hydrogen-bond acceptors (Lipinski definition) is 6. The van der Waals surface area contributed by atoms with E-state index < -0.39 is 9.84 Å². The molecule has 1 aliphatic rings. The van der Waals surface area contributed by atoms with Crippen LogP contribution >= 0.6 is 11.8 Å². The molecule has 31 heavy (non-hydrogen) atoms. The van der Waals surface area contributed by atoms with Gasteiger partial charge in [-0.1, -0.05) is 30.3 Å². The van der Waals surface area contributed by atoms with Gasteiger partial charge in [0.15, 0.2) is 15.7 Å².